The summed E-state index contributed by atoms with van der Waals surface area (Å²) < 4.78 is 4.07. The van der Waals surface area contributed by atoms with Crippen molar-refractivity contribution < 1.29 is 4.68 Å². The smallest absolute Gasteiger partial charge is 0.101 e. The highest BCUT2D eigenvalue weighted by atomic mass is 15.5. The molecule has 0 fully saturated rings. The van der Waals surface area contributed by atoms with Crippen LogP contribution in [0.3, 0.4) is 0 Å². The van der Waals surface area contributed by atoms with Gasteiger partial charge in [0.15, 0.2) is 23.3 Å². The fraction of sp³-hybridized carbons (Fsp3) is 0.333. The molecule has 0 unspecified atom stereocenters. The van der Waals surface area contributed by atoms with Crippen LogP contribution >= 0.6 is 0 Å². The lowest BCUT2D eigenvalue weighted by molar-refractivity contribution is -0.667. The zero-order valence-electron chi connectivity index (χ0n) is 15.7. The van der Waals surface area contributed by atoms with Gasteiger partial charge < -0.3 is 0 Å². The van der Waals surface area contributed by atoms with Gasteiger partial charge in [0.05, 0.1) is 0 Å². The number of rotatable bonds is 2. The van der Waals surface area contributed by atoms with Crippen molar-refractivity contribution >= 4 is 0 Å². The molecule has 1 heterocycles. The van der Waals surface area contributed by atoms with E-state index in [1.807, 2.05) is 4.68 Å². The summed E-state index contributed by atoms with van der Waals surface area (Å²) in [6, 6.07) is 8.87. The lowest BCUT2D eigenvalue weighted by Gasteiger charge is -2.07. The maximum absolute atomic E-state index is 4.89. The van der Waals surface area contributed by atoms with Crippen LogP contribution in [0.1, 0.15) is 39.1 Å². The first-order valence-corrected chi connectivity index (χ1v) is 8.43. The topological polar surface area (TPSA) is 21.7 Å². The van der Waals surface area contributed by atoms with Crippen molar-refractivity contribution in [3.05, 3.63) is 69.5 Å². The van der Waals surface area contributed by atoms with Gasteiger partial charge in [0.1, 0.15) is 5.21 Å². The monoisotopic (exact) mass is 320 g/mol. The summed E-state index contributed by atoms with van der Waals surface area (Å²) in [5, 5.41) is 4.89. The molecule has 3 nitrogen and oxygen atoms in total. The number of hydrogen-bond acceptors (Lipinski definition) is 1. The van der Waals surface area contributed by atoms with Gasteiger partial charge in [0.2, 0.25) is 0 Å². The summed E-state index contributed by atoms with van der Waals surface area (Å²) in [6.07, 6.45) is 2.11. The van der Waals surface area contributed by atoms with Gasteiger partial charge in [-0.25, -0.2) is 0 Å². The van der Waals surface area contributed by atoms with E-state index in [9.17, 15) is 0 Å². The highest BCUT2D eigenvalue weighted by Gasteiger charge is 2.22. The quantitative estimate of drug-likeness (QED) is 0.645. The van der Waals surface area contributed by atoms with E-state index < -0.39 is 0 Å². The maximum Gasteiger partial charge on any atom is 0.171 e. The molecule has 3 aromatic rings. The Morgan fingerprint density at radius 1 is 0.708 bits per heavy atom. The van der Waals surface area contributed by atoms with Gasteiger partial charge in [-0.05, 0) is 63.8 Å². The van der Waals surface area contributed by atoms with E-state index in [-0.39, 0.29) is 0 Å². The molecule has 0 saturated heterocycles. The van der Waals surface area contributed by atoms with Crippen LogP contribution in [0.25, 0.3) is 11.4 Å². The lowest BCUT2D eigenvalue weighted by atomic mass is 10.1. The molecule has 0 bridgehead atoms. The minimum atomic E-state index is 1.13. The standard InChI is InChI=1S/C21H26N3/c1-13-8-15(3)20(16(4)9-13)23-12-19(7)24(22-23)21-17(5)10-14(2)11-18(21)6/h8-12H,1-7H3/q+1. The number of aryl methyl sites for hydroxylation is 7. The predicted octanol–water partition coefficient (Wildman–Crippen LogP) is 4.31. The third-order valence-corrected chi connectivity index (χ3v) is 4.54. The van der Waals surface area contributed by atoms with Crippen molar-refractivity contribution in [2.75, 3.05) is 0 Å². The number of aromatic nitrogens is 3. The highest BCUT2D eigenvalue weighted by Crippen LogP contribution is 2.21. The molecule has 0 N–H and O–H groups in total. The average molecular weight is 320 g/mol. The molecule has 0 radical (unpaired) electrons. The largest absolute Gasteiger partial charge is 0.171 e. The molecule has 0 saturated carbocycles. The Morgan fingerprint density at radius 3 is 1.67 bits per heavy atom. The van der Waals surface area contributed by atoms with E-state index >= 15 is 0 Å². The number of nitrogens with zero attached hydrogens (tertiary/aromatic N) is 3. The summed E-state index contributed by atoms with van der Waals surface area (Å²) in [5.74, 6) is 0. The van der Waals surface area contributed by atoms with Gasteiger partial charge in [0.25, 0.3) is 0 Å². The van der Waals surface area contributed by atoms with E-state index in [0.717, 1.165) is 5.69 Å². The molecule has 124 valence electrons. The third-order valence-electron chi connectivity index (χ3n) is 4.54. The molecule has 2 aromatic carbocycles. The molecule has 24 heavy (non-hydrogen) atoms. The molecule has 3 heteroatoms. The Balaban J connectivity index is 2.20. The Bertz CT molecular complexity index is 886. The van der Waals surface area contributed by atoms with Crippen LogP contribution in [0.2, 0.25) is 0 Å². The highest BCUT2D eigenvalue weighted by molar-refractivity contribution is 5.48. The molecule has 3 rings (SSSR count). The second kappa shape index (κ2) is 5.90. The second-order valence-electron chi connectivity index (χ2n) is 7.01. The van der Waals surface area contributed by atoms with Crippen LogP contribution in [-0.4, -0.2) is 9.90 Å². The lowest BCUT2D eigenvalue weighted by Crippen LogP contribution is -2.38. The van der Waals surface area contributed by atoms with Crippen LogP contribution in [0, 0.1) is 48.5 Å². The maximum atomic E-state index is 4.89. The first kappa shape index (κ1) is 16.4. The van der Waals surface area contributed by atoms with E-state index in [4.69, 9.17) is 5.21 Å². The summed E-state index contributed by atoms with van der Waals surface area (Å²) in [5.41, 5.74) is 11.1. The van der Waals surface area contributed by atoms with Gasteiger partial charge in [-0.15, -0.1) is 4.68 Å². The first-order chi connectivity index (χ1) is 11.3. The summed E-state index contributed by atoms with van der Waals surface area (Å²) in [4.78, 5) is 0. The van der Waals surface area contributed by atoms with Gasteiger partial charge in [-0.1, -0.05) is 40.1 Å². The first-order valence-electron chi connectivity index (χ1n) is 8.43. The SMILES string of the molecule is Cc1cc(C)c(-n2cc(C)[n+](-c3c(C)cc(C)cc3C)n2)c(C)c1. The van der Waals surface area contributed by atoms with Gasteiger partial charge in [-0.2, -0.15) is 0 Å². The minimum absolute atomic E-state index is 1.13. The van der Waals surface area contributed by atoms with E-state index in [0.29, 0.717) is 0 Å². The number of hydrogen-bond donors (Lipinski definition) is 0. The Labute approximate surface area is 144 Å². The Hall–Kier alpha value is -2.42. The van der Waals surface area contributed by atoms with Crippen molar-refractivity contribution in [2.24, 2.45) is 0 Å². The number of benzene rings is 2. The van der Waals surface area contributed by atoms with Crippen LogP contribution in [0.15, 0.2) is 30.5 Å². The molecule has 0 aliphatic carbocycles. The molecule has 0 aliphatic heterocycles. The normalized spacial score (nSPS) is 11.1. The van der Waals surface area contributed by atoms with Crippen molar-refractivity contribution in [1.82, 2.24) is 9.90 Å². The van der Waals surface area contributed by atoms with E-state index in [2.05, 4.69) is 83.6 Å². The molecular formula is C21H26N3+. The second-order valence-corrected chi connectivity index (χ2v) is 7.01. The van der Waals surface area contributed by atoms with Crippen molar-refractivity contribution in [2.45, 2.75) is 48.5 Å². The van der Waals surface area contributed by atoms with Gasteiger partial charge >= 0.3 is 0 Å². The molecule has 0 amide bonds. The van der Waals surface area contributed by atoms with E-state index in [1.54, 1.807) is 0 Å². The minimum Gasteiger partial charge on any atom is -0.101 e. The Morgan fingerprint density at radius 2 is 1.17 bits per heavy atom. The molecule has 0 atom stereocenters. The fourth-order valence-electron chi connectivity index (χ4n) is 3.79. The summed E-state index contributed by atoms with van der Waals surface area (Å²) in [6.45, 7) is 15.0. The van der Waals surface area contributed by atoms with Crippen LogP contribution in [0.5, 0.6) is 0 Å². The molecule has 1 aromatic heterocycles. The average Bonchev–Trinajstić information content (AvgIpc) is 2.78. The van der Waals surface area contributed by atoms with Gasteiger partial charge in [-0.3, -0.25) is 0 Å². The van der Waals surface area contributed by atoms with Crippen LogP contribution in [0.4, 0.5) is 0 Å². The zero-order valence-corrected chi connectivity index (χ0v) is 15.7. The zero-order chi connectivity index (χ0) is 17.6. The third kappa shape index (κ3) is 2.75. The summed E-state index contributed by atoms with van der Waals surface area (Å²) >= 11 is 0. The van der Waals surface area contributed by atoms with Crippen molar-refractivity contribution in [1.29, 1.82) is 0 Å². The molecular weight excluding hydrogens is 294 g/mol. The van der Waals surface area contributed by atoms with Crippen molar-refractivity contribution in [3.63, 3.8) is 0 Å². The Kier molecular flexibility index (Phi) is 4.04. The summed E-state index contributed by atoms with van der Waals surface area (Å²) in [7, 11) is 0. The van der Waals surface area contributed by atoms with Crippen LogP contribution in [-0.2, 0) is 0 Å². The van der Waals surface area contributed by atoms with E-state index in [1.165, 1.54) is 44.8 Å². The van der Waals surface area contributed by atoms with Crippen molar-refractivity contribution in [3.8, 4) is 11.4 Å². The fourth-order valence-corrected chi connectivity index (χ4v) is 3.79. The predicted molar refractivity (Wildman–Crippen MR) is 98.3 cm³/mol. The van der Waals surface area contributed by atoms with Gasteiger partial charge in [0, 0.05) is 6.92 Å². The molecule has 0 spiro atoms. The van der Waals surface area contributed by atoms with Crippen LogP contribution < -0.4 is 4.68 Å². The molecule has 0 aliphatic rings.